The van der Waals surface area contributed by atoms with Gasteiger partial charge in [-0.1, -0.05) is 84.9 Å². The van der Waals surface area contributed by atoms with E-state index in [4.69, 9.17) is 23.2 Å². The lowest BCUT2D eigenvalue weighted by atomic mass is 9.81. The summed E-state index contributed by atoms with van der Waals surface area (Å²) in [5.74, 6) is -3.09. The Morgan fingerprint density at radius 3 is 1.97 bits per heavy atom. The number of rotatable bonds is 5. The zero-order valence-corrected chi connectivity index (χ0v) is 24.0. The van der Waals surface area contributed by atoms with Gasteiger partial charge in [-0.15, -0.1) is 0 Å². The van der Waals surface area contributed by atoms with E-state index in [0.717, 1.165) is 22.0 Å². The van der Waals surface area contributed by atoms with Crippen molar-refractivity contribution in [2.75, 3.05) is 0 Å². The van der Waals surface area contributed by atoms with Gasteiger partial charge in [-0.05, 0) is 50.3 Å². The summed E-state index contributed by atoms with van der Waals surface area (Å²) in [6.07, 6.45) is 0.755. The number of alkyl halides is 2. The first kappa shape index (κ1) is 25.9. The molecule has 7 atom stereocenters. The Morgan fingerprint density at radius 2 is 1.44 bits per heavy atom. The van der Waals surface area contributed by atoms with Crippen molar-refractivity contribution in [1.29, 1.82) is 0 Å². The Bertz CT molecular complexity index is 1260. The third-order valence-corrected chi connectivity index (χ3v) is 11.6. The van der Waals surface area contributed by atoms with Crippen LogP contribution in [0.5, 0.6) is 0 Å². The standard InChI is InChI=1S/C26H22Br2Cl2N2O4/c1-11-3-5-13(6-4-11)23(33)12(2)31(24(34)14-7-8-17(29)18(30)9-14)32-25(35)19-15-10-16(20(19)26(32)36)22(28)21(15)27/h3-9,12,15-16,19-22H,10H2,1-2H3/t12-,15+,16+,19-,20+,21-,22+/m0/s1. The van der Waals surface area contributed by atoms with Crippen LogP contribution in [0.4, 0.5) is 0 Å². The average molecular weight is 657 g/mol. The van der Waals surface area contributed by atoms with Crippen molar-refractivity contribution < 1.29 is 19.2 Å². The second-order valence-electron chi connectivity index (χ2n) is 9.68. The van der Waals surface area contributed by atoms with Crippen LogP contribution in [-0.2, 0) is 9.59 Å². The summed E-state index contributed by atoms with van der Waals surface area (Å²) in [4.78, 5) is 55.0. The number of halogens is 4. The van der Waals surface area contributed by atoms with Crippen LogP contribution in [-0.4, -0.2) is 49.2 Å². The number of nitrogens with zero attached hydrogens (tertiary/aromatic N) is 2. The van der Waals surface area contributed by atoms with Crippen LogP contribution in [0.25, 0.3) is 0 Å². The van der Waals surface area contributed by atoms with Crippen molar-refractivity contribution in [3.05, 3.63) is 69.2 Å². The van der Waals surface area contributed by atoms with Crippen molar-refractivity contribution in [3.8, 4) is 0 Å². The lowest BCUT2D eigenvalue weighted by Crippen LogP contribution is -2.57. The maximum Gasteiger partial charge on any atom is 0.273 e. The molecule has 2 aromatic rings. The number of benzene rings is 2. The third kappa shape index (κ3) is 3.96. The van der Waals surface area contributed by atoms with E-state index in [2.05, 4.69) is 31.9 Å². The molecule has 0 aromatic heterocycles. The van der Waals surface area contributed by atoms with E-state index >= 15 is 0 Å². The molecule has 5 rings (SSSR count). The minimum atomic E-state index is -1.13. The summed E-state index contributed by atoms with van der Waals surface area (Å²) in [5, 5.41) is 2.34. The molecule has 2 bridgehead atoms. The normalized spacial score (nSPS) is 29.4. The van der Waals surface area contributed by atoms with E-state index in [0.29, 0.717) is 5.56 Å². The first-order valence-electron chi connectivity index (χ1n) is 11.6. The third-order valence-electron chi connectivity index (χ3n) is 7.64. The van der Waals surface area contributed by atoms with Crippen LogP contribution in [0.2, 0.25) is 10.0 Å². The number of carbonyl (C=O) groups is 4. The van der Waals surface area contributed by atoms with E-state index < -0.39 is 35.6 Å². The van der Waals surface area contributed by atoms with Gasteiger partial charge < -0.3 is 0 Å². The molecule has 188 valence electrons. The molecule has 0 radical (unpaired) electrons. The minimum absolute atomic E-state index is 0.0316. The zero-order valence-electron chi connectivity index (χ0n) is 19.3. The SMILES string of the molecule is Cc1ccc(C(=O)[C@H](C)N(C(=O)c2ccc(Cl)c(Cl)c2)N2C(=O)[C@@H]3[C@H]4C[C@@H]([C@H](Br)[C@@H]4Br)[C@@H]3C2=O)cc1. The van der Waals surface area contributed by atoms with Crippen molar-refractivity contribution in [3.63, 3.8) is 0 Å². The van der Waals surface area contributed by atoms with E-state index in [-0.39, 0.29) is 42.9 Å². The number of imide groups is 1. The fraction of sp³-hybridized carbons (Fsp3) is 0.385. The van der Waals surface area contributed by atoms with Gasteiger partial charge in [0.05, 0.1) is 21.9 Å². The Morgan fingerprint density at radius 1 is 0.917 bits per heavy atom. The molecule has 10 heteroatoms. The zero-order chi connectivity index (χ0) is 26.0. The van der Waals surface area contributed by atoms with Crippen LogP contribution in [0.1, 0.15) is 39.6 Å². The summed E-state index contributed by atoms with van der Waals surface area (Å²) in [6, 6.07) is 10.1. The predicted octanol–water partition coefficient (Wildman–Crippen LogP) is 5.71. The van der Waals surface area contributed by atoms with Gasteiger partial charge in [0.1, 0.15) is 6.04 Å². The Kier molecular flexibility index (Phi) is 6.86. The second-order valence-corrected chi connectivity index (χ2v) is 12.6. The fourth-order valence-corrected chi connectivity index (χ4v) is 7.99. The van der Waals surface area contributed by atoms with E-state index in [1.165, 1.54) is 25.1 Å². The fourth-order valence-electron chi connectivity index (χ4n) is 5.82. The quantitative estimate of drug-likeness (QED) is 0.235. The number of hydrogen-bond donors (Lipinski definition) is 0. The maximum absolute atomic E-state index is 13.9. The molecule has 2 aromatic carbocycles. The van der Waals surface area contributed by atoms with Gasteiger partial charge in [-0.3, -0.25) is 19.2 Å². The van der Waals surface area contributed by atoms with Gasteiger partial charge in [-0.25, -0.2) is 5.01 Å². The van der Waals surface area contributed by atoms with Gasteiger partial charge in [0.25, 0.3) is 17.7 Å². The summed E-state index contributed by atoms with van der Waals surface area (Å²) in [7, 11) is 0. The van der Waals surface area contributed by atoms with Crippen molar-refractivity contribution in [2.24, 2.45) is 23.7 Å². The lowest BCUT2D eigenvalue weighted by Gasteiger charge is -2.35. The maximum atomic E-state index is 13.9. The number of aryl methyl sites for hydroxylation is 1. The molecule has 0 N–H and O–H groups in total. The van der Waals surface area contributed by atoms with Gasteiger partial charge in [0, 0.05) is 20.8 Å². The van der Waals surface area contributed by atoms with Crippen molar-refractivity contribution in [1.82, 2.24) is 10.0 Å². The highest BCUT2D eigenvalue weighted by atomic mass is 79.9. The van der Waals surface area contributed by atoms with Crippen LogP contribution in [0.15, 0.2) is 42.5 Å². The largest absolute Gasteiger partial charge is 0.292 e. The molecule has 1 saturated heterocycles. The van der Waals surface area contributed by atoms with Gasteiger partial charge in [0.2, 0.25) is 0 Å². The number of carbonyl (C=O) groups excluding carboxylic acids is 4. The second kappa shape index (κ2) is 9.53. The highest BCUT2D eigenvalue weighted by molar-refractivity contribution is 9.12. The van der Waals surface area contributed by atoms with E-state index in [1.54, 1.807) is 24.3 Å². The lowest BCUT2D eigenvalue weighted by molar-refractivity contribution is -0.157. The molecule has 3 aliphatic rings. The number of hydrogen-bond acceptors (Lipinski definition) is 4. The van der Waals surface area contributed by atoms with Gasteiger partial charge in [0.15, 0.2) is 5.78 Å². The summed E-state index contributed by atoms with van der Waals surface area (Å²) >= 11 is 19.6. The van der Waals surface area contributed by atoms with Gasteiger partial charge in [-0.2, -0.15) is 5.01 Å². The van der Waals surface area contributed by atoms with E-state index in [9.17, 15) is 19.2 Å². The molecule has 0 unspecified atom stereocenters. The molecule has 0 spiro atoms. The molecular formula is C26H22Br2Cl2N2O4. The summed E-state index contributed by atoms with van der Waals surface area (Å²) in [5.41, 5.74) is 1.47. The molecule has 2 aliphatic carbocycles. The molecule has 3 fully saturated rings. The predicted molar refractivity (Wildman–Crippen MR) is 143 cm³/mol. The number of Topliss-reactive ketones (excluding diaryl/α,β-unsaturated/α-hetero) is 1. The summed E-state index contributed by atoms with van der Waals surface area (Å²) in [6.45, 7) is 3.43. The summed E-state index contributed by atoms with van der Waals surface area (Å²) < 4.78 is 0. The van der Waals surface area contributed by atoms with Crippen LogP contribution in [0, 0.1) is 30.6 Å². The average Bonchev–Trinajstić information content (AvgIpc) is 3.46. The number of ketones is 1. The van der Waals surface area contributed by atoms with Crippen LogP contribution < -0.4 is 0 Å². The molecule has 36 heavy (non-hydrogen) atoms. The molecule has 1 aliphatic heterocycles. The number of fused-ring (bicyclic) bond motifs is 5. The molecule has 2 saturated carbocycles. The minimum Gasteiger partial charge on any atom is -0.292 e. The van der Waals surface area contributed by atoms with Crippen LogP contribution >= 0.6 is 55.1 Å². The smallest absolute Gasteiger partial charge is 0.273 e. The van der Waals surface area contributed by atoms with Gasteiger partial charge >= 0.3 is 0 Å². The molecule has 6 nitrogen and oxygen atoms in total. The highest BCUT2D eigenvalue weighted by Crippen LogP contribution is 2.60. The Balaban J connectivity index is 1.56. The molecular weight excluding hydrogens is 635 g/mol. The monoisotopic (exact) mass is 654 g/mol. The Hall–Kier alpha value is -1.74. The number of hydrazine groups is 1. The van der Waals surface area contributed by atoms with E-state index in [1.807, 2.05) is 6.92 Å². The highest BCUT2D eigenvalue weighted by Gasteiger charge is 2.68. The first-order chi connectivity index (χ1) is 17.0. The molecule has 3 amide bonds. The Labute approximate surface area is 235 Å². The van der Waals surface area contributed by atoms with Crippen LogP contribution in [0.3, 0.4) is 0 Å². The number of amides is 3. The first-order valence-corrected chi connectivity index (χ1v) is 14.2. The molecule has 1 heterocycles. The topological polar surface area (TPSA) is 74.8 Å². The van der Waals surface area contributed by atoms with Crippen molar-refractivity contribution in [2.45, 2.75) is 36.0 Å². The van der Waals surface area contributed by atoms with Crippen molar-refractivity contribution >= 4 is 78.6 Å².